The predicted molar refractivity (Wildman–Crippen MR) is 137 cm³/mol. The predicted octanol–water partition coefficient (Wildman–Crippen LogP) is 5.84. The number of ether oxygens (including phenoxy) is 1. The van der Waals surface area contributed by atoms with Crippen molar-refractivity contribution >= 4 is 17.5 Å². The van der Waals surface area contributed by atoms with E-state index in [0.29, 0.717) is 40.4 Å². The summed E-state index contributed by atoms with van der Waals surface area (Å²) >= 11 is 0. The molecule has 2 aromatic carbocycles. The van der Waals surface area contributed by atoms with Crippen molar-refractivity contribution in [1.82, 2.24) is 19.9 Å². The number of benzene rings is 2. The van der Waals surface area contributed by atoms with Gasteiger partial charge in [-0.25, -0.2) is 15.0 Å². The Labute approximate surface area is 204 Å². The summed E-state index contributed by atoms with van der Waals surface area (Å²) in [6, 6.07) is 16.9. The molecule has 35 heavy (non-hydrogen) atoms. The van der Waals surface area contributed by atoms with Crippen molar-refractivity contribution in [2.75, 3.05) is 17.7 Å². The van der Waals surface area contributed by atoms with Crippen LogP contribution in [0.15, 0.2) is 67.1 Å². The summed E-state index contributed by atoms with van der Waals surface area (Å²) in [5.74, 6) is 1.99. The van der Waals surface area contributed by atoms with Crippen LogP contribution in [0.2, 0.25) is 0 Å². The van der Waals surface area contributed by atoms with Gasteiger partial charge in [0, 0.05) is 24.5 Å². The quantitative estimate of drug-likeness (QED) is 0.335. The van der Waals surface area contributed by atoms with Crippen LogP contribution in [0.1, 0.15) is 47.7 Å². The fourth-order valence-electron chi connectivity index (χ4n) is 3.48. The minimum atomic E-state index is -0.219. The highest BCUT2D eigenvalue weighted by atomic mass is 16.5. The molecule has 2 heterocycles. The van der Waals surface area contributed by atoms with Crippen LogP contribution in [-0.4, -0.2) is 32.9 Å². The zero-order chi connectivity index (χ0) is 24.8. The van der Waals surface area contributed by atoms with Crippen LogP contribution in [0.4, 0.5) is 11.6 Å². The molecule has 8 nitrogen and oxygen atoms in total. The number of hydrogen-bond acceptors (Lipinski definition) is 7. The Morgan fingerprint density at radius 2 is 1.86 bits per heavy atom. The average molecular weight is 469 g/mol. The summed E-state index contributed by atoms with van der Waals surface area (Å²) in [7, 11) is 1.74. The second-order valence-corrected chi connectivity index (χ2v) is 8.21. The topological polar surface area (TPSA) is 102 Å². The molecule has 2 N–H and O–H groups in total. The summed E-state index contributed by atoms with van der Waals surface area (Å²) in [6.45, 7) is 6.26. The van der Waals surface area contributed by atoms with E-state index in [1.54, 1.807) is 31.4 Å². The molecule has 0 fully saturated rings. The third kappa shape index (κ3) is 5.60. The number of rotatable bonds is 8. The van der Waals surface area contributed by atoms with E-state index in [9.17, 15) is 4.79 Å². The minimum Gasteiger partial charge on any atom is -0.438 e. The molecule has 0 aliphatic rings. The minimum absolute atomic E-state index is 0.219. The smallest absolute Gasteiger partial charge is 0.255 e. The zero-order valence-electron chi connectivity index (χ0n) is 20.2. The SMILES string of the molecule is CCC(C)c1ccc(NC(=O)c2ccc(C)c(Oc3ncccc3-c3ncnc(NC)n3)c2)cc1. The van der Waals surface area contributed by atoms with Gasteiger partial charge in [0.25, 0.3) is 5.91 Å². The van der Waals surface area contributed by atoms with E-state index >= 15 is 0 Å². The number of carbonyl (C=O) groups is 1. The monoisotopic (exact) mass is 468 g/mol. The average Bonchev–Trinajstić information content (AvgIpc) is 2.90. The highest BCUT2D eigenvalue weighted by Gasteiger charge is 2.15. The molecule has 178 valence electrons. The molecule has 4 aromatic rings. The first-order chi connectivity index (χ1) is 17.0. The van der Waals surface area contributed by atoms with E-state index < -0.39 is 0 Å². The Morgan fingerprint density at radius 1 is 1.06 bits per heavy atom. The molecule has 0 saturated carbocycles. The van der Waals surface area contributed by atoms with Gasteiger partial charge in [-0.1, -0.05) is 32.0 Å². The number of anilines is 2. The highest BCUT2D eigenvalue weighted by molar-refractivity contribution is 6.04. The molecule has 0 radical (unpaired) electrons. The van der Waals surface area contributed by atoms with Crippen molar-refractivity contribution in [3.63, 3.8) is 0 Å². The Bertz CT molecular complexity index is 1320. The fraction of sp³-hybridized carbons (Fsp3) is 0.222. The van der Waals surface area contributed by atoms with Gasteiger partial charge in [-0.2, -0.15) is 4.98 Å². The molecular weight excluding hydrogens is 440 g/mol. The maximum Gasteiger partial charge on any atom is 0.255 e. The van der Waals surface area contributed by atoms with Crippen LogP contribution in [0.5, 0.6) is 11.6 Å². The maximum absolute atomic E-state index is 12.9. The standard InChI is InChI=1S/C27H28N6O2/c1-5-17(2)19-10-12-21(13-11-19)32-25(34)20-9-8-18(3)23(15-20)35-26-22(7-6-14-29-26)24-30-16-31-27(28-4)33-24/h6-17H,5H2,1-4H3,(H,32,34)(H,28,30,31,33). The summed E-state index contributed by atoms with van der Waals surface area (Å²) < 4.78 is 6.15. The van der Waals surface area contributed by atoms with Crippen molar-refractivity contribution in [2.45, 2.75) is 33.1 Å². The van der Waals surface area contributed by atoms with Crippen molar-refractivity contribution in [3.05, 3.63) is 83.8 Å². The van der Waals surface area contributed by atoms with E-state index in [-0.39, 0.29) is 5.91 Å². The van der Waals surface area contributed by atoms with Gasteiger partial charge in [0.2, 0.25) is 11.8 Å². The number of amides is 1. The Morgan fingerprint density at radius 3 is 2.60 bits per heavy atom. The van der Waals surface area contributed by atoms with Crippen LogP contribution >= 0.6 is 0 Å². The number of nitrogens with one attached hydrogen (secondary N) is 2. The second kappa shape index (κ2) is 10.7. The first-order valence-electron chi connectivity index (χ1n) is 11.5. The molecular formula is C27H28N6O2. The van der Waals surface area contributed by atoms with E-state index in [1.165, 1.54) is 11.9 Å². The van der Waals surface area contributed by atoms with Gasteiger partial charge >= 0.3 is 0 Å². The van der Waals surface area contributed by atoms with Gasteiger partial charge in [-0.05, 0) is 66.8 Å². The molecule has 0 spiro atoms. The van der Waals surface area contributed by atoms with Crippen molar-refractivity contribution in [1.29, 1.82) is 0 Å². The highest BCUT2D eigenvalue weighted by Crippen LogP contribution is 2.32. The van der Waals surface area contributed by atoms with Gasteiger partial charge in [0.1, 0.15) is 12.1 Å². The van der Waals surface area contributed by atoms with Crippen LogP contribution < -0.4 is 15.4 Å². The fourth-order valence-corrected chi connectivity index (χ4v) is 3.48. The van der Waals surface area contributed by atoms with E-state index in [4.69, 9.17) is 4.74 Å². The molecule has 0 saturated heterocycles. The normalized spacial score (nSPS) is 11.5. The molecule has 1 unspecified atom stereocenters. The van der Waals surface area contributed by atoms with Crippen LogP contribution in [0.3, 0.4) is 0 Å². The lowest BCUT2D eigenvalue weighted by Gasteiger charge is -2.13. The first kappa shape index (κ1) is 23.8. The van der Waals surface area contributed by atoms with Gasteiger partial charge in [-0.3, -0.25) is 4.79 Å². The van der Waals surface area contributed by atoms with Gasteiger partial charge in [0.05, 0.1) is 5.56 Å². The molecule has 4 rings (SSSR count). The van der Waals surface area contributed by atoms with E-state index in [0.717, 1.165) is 17.7 Å². The number of nitrogens with zero attached hydrogens (tertiary/aromatic N) is 4. The van der Waals surface area contributed by atoms with Gasteiger partial charge in [0.15, 0.2) is 5.82 Å². The van der Waals surface area contributed by atoms with Crippen LogP contribution in [-0.2, 0) is 0 Å². The molecule has 2 aromatic heterocycles. The Hall–Kier alpha value is -4.33. The number of carbonyl (C=O) groups excluding carboxylic acids is 1. The van der Waals surface area contributed by atoms with Crippen molar-refractivity contribution in [3.8, 4) is 23.0 Å². The molecule has 0 aliphatic heterocycles. The van der Waals surface area contributed by atoms with E-state index in [2.05, 4.69) is 56.5 Å². The van der Waals surface area contributed by atoms with Gasteiger partial charge < -0.3 is 15.4 Å². The molecule has 0 aliphatic carbocycles. The lowest BCUT2D eigenvalue weighted by molar-refractivity contribution is 0.102. The lowest BCUT2D eigenvalue weighted by Crippen LogP contribution is -2.12. The molecule has 1 amide bonds. The van der Waals surface area contributed by atoms with Crippen LogP contribution in [0.25, 0.3) is 11.4 Å². The lowest BCUT2D eigenvalue weighted by atomic mass is 9.98. The molecule has 1 atom stereocenters. The van der Waals surface area contributed by atoms with Gasteiger partial charge in [-0.15, -0.1) is 0 Å². The number of hydrogen-bond donors (Lipinski definition) is 2. The van der Waals surface area contributed by atoms with Crippen molar-refractivity contribution < 1.29 is 9.53 Å². The summed E-state index contributed by atoms with van der Waals surface area (Å²) in [5, 5.41) is 5.86. The molecule has 8 heteroatoms. The Kier molecular flexibility index (Phi) is 7.30. The van der Waals surface area contributed by atoms with E-state index in [1.807, 2.05) is 31.2 Å². The summed E-state index contributed by atoms with van der Waals surface area (Å²) in [6.07, 6.45) is 4.13. The summed E-state index contributed by atoms with van der Waals surface area (Å²) in [4.78, 5) is 30.0. The van der Waals surface area contributed by atoms with Crippen LogP contribution in [0, 0.1) is 6.92 Å². The second-order valence-electron chi connectivity index (χ2n) is 8.21. The summed E-state index contributed by atoms with van der Waals surface area (Å²) in [5.41, 5.74) is 3.95. The third-order valence-electron chi connectivity index (χ3n) is 5.81. The largest absolute Gasteiger partial charge is 0.438 e. The number of pyridine rings is 1. The third-order valence-corrected chi connectivity index (χ3v) is 5.81. The Balaban J connectivity index is 1.56. The zero-order valence-corrected chi connectivity index (χ0v) is 20.2. The van der Waals surface area contributed by atoms with Crippen molar-refractivity contribution in [2.24, 2.45) is 0 Å². The number of aryl methyl sites for hydroxylation is 1. The maximum atomic E-state index is 12.9. The number of aromatic nitrogens is 4. The first-order valence-corrected chi connectivity index (χ1v) is 11.5. The molecule has 0 bridgehead atoms.